The molecular weight excluding hydrogens is 636 g/mol. The summed E-state index contributed by atoms with van der Waals surface area (Å²) in [5.41, 5.74) is 1.92. The molecule has 3 heterocycles. The van der Waals surface area contributed by atoms with E-state index in [1.807, 2.05) is 12.1 Å². The Bertz CT molecular complexity index is 1390. The number of nitrogens with one attached hydrogen (secondary N) is 3. The number of phenolic OH excluding ortho intramolecular Hbond substituents is 1. The molecule has 15 nitrogen and oxygen atoms in total. The lowest BCUT2D eigenvalue weighted by atomic mass is 10.1. The van der Waals surface area contributed by atoms with Gasteiger partial charge in [-0.2, -0.15) is 15.0 Å². The van der Waals surface area contributed by atoms with Gasteiger partial charge in [-0.1, -0.05) is 19.8 Å². The largest absolute Gasteiger partial charge is 0.507 e. The zero-order valence-electron chi connectivity index (χ0n) is 28.2. The van der Waals surface area contributed by atoms with E-state index in [4.69, 9.17) is 15.0 Å². The number of phenols is 1. The van der Waals surface area contributed by atoms with Crippen molar-refractivity contribution in [1.82, 2.24) is 39.6 Å². The minimum Gasteiger partial charge on any atom is -0.507 e. The van der Waals surface area contributed by atoms with Crippen molar-refractivity contribution in [2.45, 2.75) is 71.1 Å². The Balaban J connectivity index is -0.000000818. The summed E-state index contributed by atoms with van der Waals surface area (Å²) >= 11 is 0. The predicted octanol–water partition coefficient (Wildman–Crippen LogP) is 8.13. The molecule has 2 fully saturated rings. The average Bonchev–Trinajstić information content (AvgIpc) is 3.03. The highest BCUT2D eigenvalue weighted by molar-refractivity contribution is 6.06. The topological polar surface area (TPSA) is 276 Å². The summed E-state index contributed by atoms with van der Waals surface area (Å²) in [4.78, 5) is 43.8. The van der Waals surface area contributed by atoms with Gasteiger partial charge in [-0.05, 0) is 81.3 Å². The predicted molar refractivity (Wildman–Crippen MR) is 206 cm³/mol. The van der Waals surface area contributed by atoms with Gasteiger partial charge >= 0.3 is 0 Å². The molecule has 2 aliphatic rings. The summed E-state index contributed by atoms with van der Waals surface area (Å²) in [6, 6.07) is 11.8. The molecule has 2 saturated heterocycles. The van der Waals surface area contributed by atoms with E-state index in [1.54, 1.807) is 18.2 Å². The maximum Gasteiger partial charge on any atom is 0.259 e. The van der Waals surface area contributed by atoms with Crippen LogP contribution in [0.3, 0.4) is 0 Å². The van der Waals surface area contributed by atoms with Crippen LogP contribution in [-0.2, 0) is 4.79 Å². The highest BCUT2D eigenvalue weighted by Crippen LogP contribution is 2.26. The SMILES string of the molecule is CCCCCC(=O)Nc1ccc(C(=O)Nc2ccc(Nc3nc(N4CCCCC4)nc(N4CCCCC4)n3)cc2)c(O)c1.Cl.N.N.N.N.[HH].[HH].[HH].[HH]. The van der Waals surface area contributed by atoms with E-state index in [9.17, 15) is 14.7 Å². The molecule has 3 aromatic rings. The van der Waals surface area contributed by atoms with Crippen LogP contribution in [-0.4, -0.2) is 58.1 Å². The van der Waals surface area contributed by atoms with Gasteiger partial charge < -0.3 is 55.5 Å². The molecule has 0 atom stereocenters. The van der Waals surface area contributed by atoms with Crippen LogP contribution in [0.2, 0.25) is 0 Å². The second-order valence-corrected chi connectivity index (χ2v) is 11.2. The Morgan fingerprint density at radius 1 is 0.729 bits per heavy atom. The minimum absolute atomic E-state index is 0. The third-order valence-electron chi connectivity index (χ3n) is 7.82. The summed E-state index contributed by atoms with van der Waals surface area (Å²) in [6.45, 7) is 5.87. The molecule has 0 spiro atoms. The molecule has 0 aliphatic carbocycles. The van der Waals surface area contributed by atoms with Crippen LogP contribution >= 0.6 is 12.4 Å². The first kappa shape index (κ1) is 43.7. The number of rotatable bonds is 11. The van der Waals surface area contributed by atoms with E-state index >= 15 is 0 Å². The fraction of sp³-hybridized carbons (Fsp3) is 0.469. The highest BCUT2D eigenvalue weighted by Gasteiger charge is 2.20. The third-order valence-corrected chi connectivity index (χ3v) is 7.82. The summed E-state index contributed by atoms with van der Waals surface area (Å²) < 4.78 is 0. The van der Waals surface area contributed by atoms with E-state index in [0.29, 0.717) is 35.6 Å². The van der Waals surface area contributed by atoms with Crippen LogP contribution in [0.1, 0.15) is 87.2 Å². The summed E-state index contributed by atoms with van der Waals surface area (Å²) in [5.74, 6) is 1.16. The van der Waals surface area contributed by atoms with Crippen molar-refractivity contribution in [3.63, 3.8) is 0 Å². The van der Waals surface area contributed by atoms with Crippen molar-refractivity contribution >= 4 is 59.1 Å². The van der Waals surface area contributed by atoms with Gasteiger partial charge in [0.15, 0.2) is 0 Å². The zero-order chi connectivity index (χ0) is 30.0. The average molecular weight is 699 g/mol. The first-order valence-corrected chi connectivity index (χ1v) is 15.6. The maximum absolute atomic E-state index is 12.9. The number of carbonyl (C=O) groups excluding carboxylic acids is 2. The number of nitrogens with zero attached hydrogens (tertiary/aromatic N) is 5. The van der Waals surface area contributed by atoms with Crippen LogP contribution in [0.5, 0.6) is 5.75 Å². The van der Waals surface area contributed by atoms with Crippen molar-refractivity contribution in [3.8, 4) is 5.75 Å². The second kappa shape index (κ2) is 21.6. The van der Waals surface area contributed by atoms with Crippen molar-refractivity contribution in [1.29, 1.82) is 0 Å². The summed E-state index contributed by atoms with van der Waals surface area (Å²) in [6.07, 6.45) is 10.3. The van der Waals surface area contributed by atoms with Gasteiger partial charge in [0.1, 0.15) is 5.75 Å². The van der Waals surface area contributed by atoms with Crippen LogP contribution in [0.15, 0.2) is 42.5 Å². The molecule has 48 heavy (non-hydrogen) atoms. The fourth-order valence-electron chi connectivity index (χ4n) is 5.41. The van der Waals surface area contributed by atoms with E-state index in [2.05, 4.69) is 32.7 Å². The molecule has 16 heteroatoms. The second-order valence-electron chi connectivity index (χ2n) is 11.2. The molecule has 0 unspecified atom stereocenters. The van der Waals surface area contributed by atoms with Gasteiger partial charge in [0, 0.05) is 61.4 Å². The van der Waals surface area contributed by atoms with Crippen LogP contribution in [0.4, 0.5) is 34.9 Å². The molecule has 0 saturated carbocycles. The molecule has 16 N–H and O–H groups in total. The van der Waals surface area contributed by atoms with E-state index in [0.717, 1.165) is 76.8 Å². The molecule has 276 valence electrons. The number of piperidine rings is 2. The number of anilines is 6. The summed E-state index contributed by atoms with van der Waals surface area (Å²) in [7, 11) is 0. The number of halogens is 1. The van der Waals surface area contributed by atoms with E-state index in [1.165, 1.54) is 25.0 Å². The van der Waals surface area contributed by atoms with Gasteiger partial charge in [-0.15, -0.1) is 12.4 Å². The van der Waals surface area contributed by atoms with Gasteiger partial charge in [-0.3, -0.25) is 9.59 Å². The Hall–Kier alpha value is -4.28. The highest BCUT2D eigenvalue weighted by atomic mass is 35.5. The fourth-order valence-corrected chi connectivity index (χ4v) is 5.41. The van der Waals surface area contributed by atoms with Crippen molar-refractivity contribution in [3.05, 3.63) is 48.0 Å². The van der Waals surface area contributed by atoms with Crippen LogP contribution < -0.4 is 50.4 Å². The summed E-state index contributed by atoms with van der Waals surface area (Å²) in [5, 5.41) is 19.4. The van der Waals surface area contributed by atoms with E-state index in [-0.39, 0.29) is 59.9 Å². The molecule has 0 radical (unpaired) electrons. The molecular formula is C32H63ClN12O3. The standard InChI is InChI=1S/C32H42N8O3.ClH.4H3N.4H2/c1-2-3-6-11-28(42)33-25-16-17-26(27(41)22-25)29(43)34-23-12-14-24(15-13-23)35-30-36-31(39-18-7-4-8-19-39)38-32(37-30)40-20-9-5-10-21-40;;;;;;;;;/h12-17,22,41H,2-11,18-21H2,1H3,(H,33,42)(H,34,43)(H,35,36,37,38);1H;4*1H3;4*1H. The molecule has 2 aliphatic heterocycles. The van der Waals surface area contributed by atoms with Gasteiger partial charge in [0.2, 0.25) is 23.8 Å². The lowest BCUT2D eigenvalue weighted by Gasteiger charge is -2.30. The molecule has 1 aromatic heterocycles. The number of carbonyl (C=O) groups is 2. The Morgan fingerprint density at radius 3 is 1.77 bits per heavy atom. The quantitative estimate of drug-likeness (QED) is 0.0879. The molecule has 2 amide bonds. The zero-order valence-corrected chi connectivity index (χ0v) is 29.0. The van der Waals surface area contributed by atoms with E-state index < -0.39 is 5.91 Å². The lowest BCUT2D eigenvalue weighted by molar-refractivity contribution is -0.116. The monoisotopic (exact) mass is 698 g/mol. The number of aromatic hydroxyl groups is 1. The molecule has 0 bridgehead atoms. The van der Waals surface area contributed by atoms with Gasteiger partial charge in [-0.25, -0.2) is 0 Å². The van der Waals surface area contributed by atoms with Crippen molar-refractivity contribution < 1.29 is 20.4 Å². The maximum atomic E-state index is 12.9. The van der Waals surface area contributed by atoms with Crippen LogP contribution in [0.25, 0.3) is 0 Å². The van der Waals surface area contributed by atoms with Crippen molar-refractivity contribution in [2.75, 3.05) is 51.9 Å². The number of amides is 2. The lowest BCUT2D eigenvalue weighted by Crippen LogP contribution is -2.34. The first-order chi connectivity index (χ1) is 21.0. The van der Waals surface area contributed by atoms with Crippen molar-refractivity contribution in [2.24, 2.45) is 0 Å². The minimum atomic E-state index is -0.450. The number of unbranched alkanes of at least 4 members (excludes halogenated alkanes) is 2. The first-order valence-electron chi connectivity index (χ1n) is 15.6. The smallest absolute Gasteiger partial charge is 0.259 e. The number of aromatic nitrogens is 3. The molecule has 5 rings (SSSR count). The number of benzene rings is 2. The Kier molecular flexibility index (Phi) is 19.6. The number of hydrogen-bond acceptors (Lipinski definition) is 13. The normalized spacial score (nSPS) is 13.6. The van der Waals surface area contributed by atoms with Crippen LogP contribution in [0, 0.1) is 0 Å². The van der Waals surface area contributed by atoms with Gasteiger partial charge in [0.05, 0.1) is 5.56 Å². The Labute approximate surface area is 295 Å². The number of hydrogen-bond donors (Lipinski definition) is 8. The van der Waals surface area contributed by atoms with Gasteiger partial charge in [0.25, 0.3) is 5.91 Å². The third kappa shape index (κ3) is 12.1. The Morgan fingerprint density at radius 2 is 1.25 bits per heavy atom. The molecule has 2 aromatic carbocycles.